The van der Waals surface area contributed by atoms with Gasteiger partial charge in [0, 0.05) is 32.8 Å². The number of hydrogen-bond donors (Lipinski definition) is 0. The van der Waals surface area contributed by atoms with Gasteiger partial charge < -0.3 is 9.13 Å². The minimum atomic E-state index is 0.320. The van der Waals surface area contributed by atoms with Crippen molar-refractivity contribution in [3.8, 4) is 51.8 Å². The Hall–Kier alpha value is -7.39. The van der Waals surface area contributed by atoms with Crippen LogP contribution in [0.1, 0.15) is 16.7 Å². The number of hydrogen-bond acceptors (Lipinski definition) is 3. The molecule has 0 fully saturated rings. The van der Waals surface area contributed by atoms with E-state index >= 15 is 0 Å². The molecule has 2 heterocycles. The standard InChI is InChI=1S/C45H25N5/c46-26-29-20-21-45-40(22-29)37-15-4-8-19-44(37)50(45)43-18-7-3-14-36(43)39-25-32(28-48)31(27-47)24-38(39)30-10-9-11-33(23-30)49-41-16-5-1-12-34(41)35-13-2-6-17-42(35)49/h1-25H. The van der Waals surface area contributed by atoms with Crippen molar-refractivity contribution in [1.29, 1.82) is 15.8 Å². The number of para-hydroxylation sites is 4. The Kier molecular flexibility index (Phi) is 6.56. The smallest absolute Gasteiger partial charge is 0.101 e. The highest BCUT2D eigenvalue weighted by Crippen LogP contribution is 2.42. The number of nitrogens with zero attached hydrogens (tertiary/aromatic N) is 5. The van der Waals surface area contributed by atoms with Gasteiger partial charge >= 0.3 is 0 Å². The quantitative estimate of drug-likeness (QED) is 0.193. The Morgan fingerprint density at radius 2 is 0.940 bits per heavy atom. The molecule has 0 aliphatic rings. The average Bonchev–Trinajstić information content (AvgIpc) is 3.70. The van der Waals surface area contributed by atoms with Gasteiger partial charge in [0.15, 0.2) is 0 Å². The van der Waals surface area contributed by atoms with Gasteiger partial charge in [-0.1, -0.05) is 84.9 Å². The van der Waals surface area contributed by atoms with Gasteiger partial charge in [-0.05, 0) is 83.4 Å². The highest BCUT2D eigenvalue weighted by atomic mass is 15.0. The van der Waals surface area contributed by atoms with Gasteiger partial charge in [-0.25, -0.2) is 0 Å². The first kappa shape index (κ1) is 28.8. The van der Waals surface area contributed by atoms with Crippen molar-refractivity contribution in [2.45, 2.75) is 0 Å². The highest BCUT2D eigenvalue weighted by Gasteiger charge is 2.20. The van der Waals surface area contributed by atoms with Gasteiger partial charge in [0.25, 0.3) is 0 Å². The van der Waals surface area contributed by atoms with Gasteiger partial charge in [-0.3, -0.25) is 0 Å². The topological polar surface area (TPSA) is 81.2 Å². The van der Waals surface area contributed by atoms with E-state index in [-0.39, 0.29) is 0 Å². The summed E-state index contributed by atoms with van der Waals surface area (Å²) in [6, 6.07) is 57.9. The van der Waals surface area contributed by atoms with Crippen LogP contribution in [0.2, 0.25) is 0 Å². The summed E-state index contributed by atoms with van der Waals surface area (Å²) in [6.45, 7) is 0. The monoisotopic (exact) mass is 635 g/mol. The van der Waals surface area contributed by atoms with Crippen LogP contribution in [-0.2, 0) is 0 Å². The predicted molar refractivity (Wildman–Crippen MR) is 200 cm³/mol. The molecule has 0 spiro atoms. The summed E-state index contributed by atoms with van der Waals surface area (Å²) in [5.41, 5.74) is 10.9. The molecule has 9 rings (SSSR count). The normalized spacial score (nSPS) is 11.1. The molecule has 0 saturated carbocycles. The lowest BCUT2D eigenvalue weighted by Crippen LogP contribution is -2.00. The minimum absolute atomic E-state index is 0.320. The Labute approximate surface area is 287 Å². The van der Waals surface area contributed by atoms with E-state index in [1.54, 1.807) is 0 Å². The fourth-order valence-electron chi connectivity index (χ4n) is 7.46. The molecule has 0 unspecified atom stereocenters. The van der Waals surface area contributed by atoms with Crippen molar-refractivity contribution in [3.63, 3.8) is 0 Å². The van der Waals surface area contributed by atoms with Crippen LogP contribution in [0.15, 0.2) is 152 Å². The fourth-order valence-corrected chi connectivity index (χ4v) is 7.46. The Bertz CT molecular complexity index is 2920. The van der Waals surface area contributed by atoms with Gasteiger partial charge in [-0.15, -0.1) is 0 Å². The first-order valence-electron chi connectivity index (χ1n) is 16.3. The third-order valence-corrected chi connectivity index (χ3v) is 9.63. The van der Waals surface area contributed by atoms with Crippen molar-refractivity contribution in [3.05, 3.63) is 168 Å². The van der Waals surface area contributed by atoms with Crippen molar-refractivity contribution < 1.29 is 0 Å². The summed E-state index contributed by atoms with van der Waals surface area (Å²) in [4.78, 5) is 0. The highest BCUT2D eigenvalue weighted by molar-refractivity contribution is 6.11. The molecule has 0 bridgehead atoms. The molecule has 0 amide bonds. The van der Waals surface area contributed by atoms with E-state index < -0.39 is 0 Å². The van der Waals surface area contributed by atoms with E-state index in [4.69, 9.17) is 0 Å². The minimum Gasteiger partial charge on any atom is -0.309 e. The molecule has 5 heteroatoms. The SMILES string of the molecule is N#Cc1ccc2c(c1)c1ccccc1n2-c1ccccc1-c1cc(C#N)c(C#N)cc1-c1cccc(-n2c3ccccc3c3ccccc32)c1. The number of rotatable bonds is 4. The third-order valence-electron chi connectivity index (χ3n) is 9.63. The molecule has 0 atom stereocenters. The molecule has 2 aromatic heterocycles. The lowest BCUT2D eigenvalue weighted by atomic mass is 9.89. The van der Waals surface area contributed by atoms with Gasteiger partial charge in [0.1, 0.15) is 12.1 Å². The maximum absolute atomic E-state index is 10.2. The van der Waals surface area contributed by atoms with Crippen LogP contribution in [0, 0.1) is 34.0 Å². The molecule has 0 radical (unpaired) electrons. The average molecular weight is 636 g/mol. The van der Waals surface area contributed by atoms with Crippen LogP contribution in [0.3, 0.4) is 0 Å². The molecule has 50 heavy (non-hydrogen) atoms. The second-order valence-electron chi connectivity index (χ2n) is 12.3. The molecule has 0 N–H and O–H groups in total. The van der Waals surface area contributed by atoms with Crippen LogP contribution in [0.25, 0.3) is 77.2 Å². The summed E-state index contributed by atoms with van der Waals surface area (Å²) in [6.07, 6.45) is 0. The molecule has 0 aliphatic heterocycles. The van der Waals surface area contributed by atoms with Crippen LogP contribution in [-0.4, -0.2) is 9.13 Å². The zero-order valence-electron chi connectivity index (χ0n) is 26.7. The molecular weight excluding hydrogens is 611 g/mol. The molecule has 9 aromatic rings. The first-order chi connectivity index (χ1) is 24.7. The van der Waals surface area contributed by atoms with E-state index in [2.05, 4.69) is 118 Å². The van der Waals surface area contributed by atoms with E-state index in [1.165, 1.54) is 10.8 Å². The predicted octanol–water partition coefficient (Wildman–Crippen LogP) is 10.8. The fraction of sp³-hybridized carbons (Fsp3) is 0. The van der Waals surface area contributed by atoms with Crippen LogP contribution >= 0.6 is 0 Å². The number of nitriles is 3. The van der Waals surface area contributed by atoms with E-state index in [0.717, 1.165) is 66.5 Å². The number of benzene rings is 7. The number of fused-ring (bicyclic) bond motifs is 6. The largest absolute Gasteiger partial charge is 0.309 e. The van der Waals surface area contributed by atoms with Gasteiger partial charge in [0.05, 0.1) is 50.5 Å². The summed E-state index contributed by atoms with van der Waals surface area (Å²) in [5.74, 6) is 0. The molecule has 5 nitrogen and oxygen atoms in total. The summed E-state index contributed by atoms with van der Waals surface area (Å²) in [7, 11) is 0. The molecule has 0 aliphatic carbocycles. The molecule has 0 saturated heterocycles. The first-order valence-corrected chi connectivity index (χ1v) is 16.3. The number of aromatic nitrogens is 2. The van der Waals surface area contributed by atoms with Gasteiger partial charge in [-0.2, -0.15) is 15.8 Å². The Balaban J connectivity index is 1.32. The second-order valence-corrected chi connectivity index (χ2v) is 12.3. The van der Waals surface area contributed by atoms with E-state index in [0.29, 0.717) is 16.7 Å². The van der Waals surface area contributed by atoms with Crippen molar-refractivity contribution in [2.75, 3.05) is 0 Å². The van der Waals surface area contributed by atoms with E-state index in [1.807, 2.05) is 60.7 Å². The third kappa shape index (κ3) is 4.31. The molecule has 7 aromatic carbocycles. The molecular formula is C45H25N5. The second kappa shape index (κ2) is 11.4. The Morgan fingerprint density at radius 1 is 0.380 bits per heavy atom. The Morgan fingerprint density at radius 3 is 1.60 bits per heavy atom. The summed E-state index contributed by atoms with van der Waals surface area (Å²) >= 11 is 0. The van der Waals surface area contributed by atoms with Crippen molar-refractivity contribution >= 4 is 43.6 Å². The summed E-state index contributed by atoms with van der Waals surface area (Å²) in [5, 5.41) is 34.5. The van der Waals surface area contributed by atoms with Crippen LogP contribution in [0.4, 0.5) is 0 Å². The lowest BCUT2D eigenvalue weighted by Gasteiger charge is -2.18. The van der Waals surface area contributed by atoms with Crippen molar-refractivity contribution in [1.82, 2.24) is 9.13 Å². The maximum Gasteiger partial charge on any atom is 0.101 e. The molecule has 230 valence electrons. The lowest BCUT2D eigenvalue weighted by molar-refractivity contribution is 1.18. The summed E-state index contributed by atoms with van der Waals surface area (Å²) < 4.78 is 4.51. The van der Waals surface area contributed by atoms with Crippen LogP contribution < -0.4 is 0 Å². The maximum atomic E-state index is 10.2. The van der Waals surface area contributed by atoms with Crippen molar-refractivity contribution in [2.24, 2.45) is 0 Å². The van der Waals surface area contributed by atoms with Crippen LogP contribution in [0.5, 0.6) is 0 Å². The van der Waals surface area contributed by atoms with E-state index in [9.17, 15) is 15.8 Å². The van der Waals surface area contributed by atoms with Gasteiger partial charge in [0.2, 0.25) is 0 Å². The zero-order valence-corrected chi connectivity index (χ0v) is 26.7. The zero-order chi connectivity index (χ0) is 33.8.